The van der Waals surface area contributed by atoms with Crippen LogP contribution in [0.3, 0.4) is 0 Å². The van der Waals surface area contributed by atoms with Crippen LogP contribution < -0.4 is 15.5 Å². The molecular weight excluding hydrogens is 392 g/mol. The molecule has 7 nitrogen and oxygen atoms in total. The van der Waals surface area contributed by atoms with Gasteiger partial charge in [0.1, 0.15) is 12.1 Å². The van der Waals surface area contributed by atoms with Crippen LogP contribution in [0.25, 0.3) is 0 Å². The standard InChI is InChI=1S/C24H36N4O3/c1-23(2,3)18-11-13-24(14-12-18)21(30)28(22(31)26-24)17-20(29)25-15-8-16-27(4)19-9-6-5-7-10-19/h5-7,9-10,18H,8,11-17H2,1-4H3,(H,25,29)(H,26,31). The van der Waals surface area contributed by atoms with Crippen molar-refractivity contribution in [2.75, 3.05) is 31.6 Å². The topological polar surface area (TPSA) is 81.8 Å². The number of anilines is 1. The number of amides is 4. The van der Waals surface area contributed by atoms with Crippen molar-refractivity contribution in [3.05, 3.63) is 30.3 Å². The number of hydrogen-bond acceptors (Lipinski definition) is 4. The molecule has 3 rings (SSSR count). The second-order valence-corrected chi connectivity index (χ2v) is 10.0. The number of carbonyl (C=O) groups excluding carboxylic acids is 3. The van der Waals surface area contributed by atoms with E-state index in [2.05, 4.69) is 36.3 Å². The highest BCUT2D eigenvalue weighted by Gasteiger charge is 2.53. The fourth-order valence-corrected chi connectivity index (χ4v) is 4.69. The number of carbonyl (C=O) groups is 3. The largest absolute Gasteiger partial charge is 0.375 e. The number of nitrogens with zero attached hydrogens (tertiary/aromatic N) is 2. The summed E-state index contributed by atoms with van der Waals surface area (Å²) >= 11 is 0. The van der Waals surface area contributed by atoms with Crippen molar-refractivity contribution >= 4 is 23.5 Å². The molecule has 0 radical (unpaired) electrons. The molecule has 7 heteroatoms. The van der Waals surface area contributed by atoms with Gasteiger partial charge in [0.25, 0.3) is 5.91 Å². The molecule has 2 N–H and O–H groups in total. The maximum Gasteiger partial charge on any atom is 0.325 e. The molecule has 170 valence electrons. The quantitative estimate of drug-likeness (QED) is 0.516. The van der Waals surface area contributed by atoms with E-state index in [0.717, 1.165) is 36.4 Å². The third-order valence-corrected chi connectivity index (χ3v) is 6.80. The molecular formula is C24H36N4O3. The van der Waals surface area contributed by atoms with Crippen molar-refractivity contribution in [2.45, 2.75) is 58.4 Å². The van der Waals surface area contributed by atoms with Crippen LogP contribution in [0.2, 0.25) is 0 Å². The van der Waals surface area contributed by atoms with E-state index in [1.54, 1.807) is 0 Å². The molecule has 1 spiro atoms. The van der Waals surface area contributed by atoms with Crippen molar-refractivity contribution < 1.29 is 14.4 Å². The Bertz CT molecular complexity index is 795. The van der Waals surface area contributed by atoms with Crippen molar-refractivity contribution in [3.63, 3.8) is 0 Å². The van der Waals surface area contributed by atoms with E-state index in [1.165, 1.54) is 0 Å². The SMILES string of the molecule is CN(CCCNC(=O)CN1C(=O)NC2(CCC(C(C)(C)C)CC2)C1=O)c1ccccc1. The minimum absolute atomic E-state index is 0.196. The van der Waals surface area contributed by atoms with E-state index in [9.17, 15) is 14.4 Å². The van der Waals surface area contributed by atoms with Gasteiger partial charge in [0, 0.05) is 25.8 Å². The fourth-order valence-electron chi connectivity index (χ4n) is 4.69. The lowest BCUT2D eigenvalue weighted by atomic mass is 9.67. The van der Waals surface area contributed by atoms with E-state index in [0.29, 0.717) is 25.3 Å². The summed E-state index contributed by atoms with van der Waals surface area (Å²) in [5.41, 5.74) is 0.499. The van der Waals surface area contributed by atoms with Gasteiger partial charge in [-0.25, -0.2) is 4.79 Å². The first kappa shape index (κ1) is 23.1. The molecule has 1 aromatic rings. The number of para-hydroxylation sites is 1. The Morgan fingerprint density at radius 2 is 1.84 bits per heavy atom. The van der Waals surface area contributed by atoms with Gasteiger partial charge in [0.05, 0.1) is 0 Å². The molecule has 0 aromatic heterocycles. The Labute approximate surface area is 185 Å². The monoisotopic (exact) mass is 428 g/mol. The summed E-state index contributed by atoms with van der Waals surface area (Å²) in [6.45, 7) is 7.74. The van der Waals surface area contributed by atoms with Gasteiger partial charge in [0.2, 0.25) is 5.91 Å². The molecule has 1 saturated carbocycles. The van der Waals surface area contributed by atoms with Crippen LogP contribution in [-0.4, -0.2) is 55.0 Å². The maximum atomic E-state index is 13.0. The third kappa shape index (κ3) is 5.38. The van der Waals surface area contributed by atoms with Gasteiger partial charge in [-0.2, -0.15) is 0 Å². The van der Waals surface area contributed by atoms with Gasteiger partial charge < -0.3 is 15.5 Å². The highest BCUT2D eigenvalue weighted by molar-refractivity contribution is 6.09. The first-order valence-electron chi connectivity index (χ1n) is 11.3. The molecule has 1 heterocycles. The minimum atomic E-state index is -0.822. The summed E-state index contributed by atoms with van der Waals surface area (Å²) in [5.74, 6) is -0.00990. The van der Waals surface area contributed by atoms with Gasteiger partial charge >= 0.3 is 6.03 Å². The average molecular weight is 429 g/mol. The van der Waals surface area contributed by atoms with Crippen LogP contribution in [0.5, 0.6) is 0 Å². The van der Waals surface area contributed by atoms with E-state index >= 15 is 0 Å². The summed E-state index contributed by atoms with van der Waals surface area (Å²) in [4.78, 5) is 41.0. The molecule has 1 saturated heterocycles. The Hall–Kier alpha value is -2.57. The Balaban J connectivity index is 1.44. The Kier molecular flexibility index (Phi) is 6.92. The highest BCUT2D eigenvalue weighted by Crippen LogP contribution is 2.43. The minimum Gasteiger partial charge on any atom is -0.375 e. The van der Waals surface area contributed by atoms with Gasteiger partial charge in [-0.15, -0.1) is 0 Å². The first-order valence-corrected chi connectivity index (χ1v) is 11.3. The molecule has 1 aromatic carbocycles. The molecule has 2 fully saturated rings. The lowest BCUT2D eigenvalue weighted by Crippen LogP contribution is -2.51. The van der Waals surface area contributed by atoms with Gasteiger partial charge in [-0.3, -0.25) is 14.5 Å². The van der Waals surface area contributed by atoms with Crippen LogP contribution in [0.4, 0.5) is 10.5 Å². The number of urea groups is 1. The molecule has 2 aliphatic rings. The van der Waals surface area contributed by atoms with Crippen LogP contribution in [0, 0.1) is 11.3 Å². The fraction of sp³-hybridized carbons (Fsp3) is 0.625. The normalized spacial score (nSPS) is 23.7. The van der Waals surface area contributed by atoms with E-state index < -0.39 is 11.6 Å². The van der Waals surface area contributed by atoms with Crippen molar-refractivity contribution in [3.8, 4) is 0 Å². The van der Waals surface area contributed by atoms with E-state index in [-0.39, 0.29) is 23.8 Å². The van der Waals surface area contributed by atoms with Crippen LogP contribution >= 0.6 is 0 Å². The van der Waals surface area contributed by atoms with Gasteiger partial charge in [-0.05, 0) is 55.6 Å². The number of hydrogen-bond donors (Lipinski definition) is 2. The lowest BCUT2D eigenvalue weighted by molar-refractivity contribution is -0.136. The van der Waals surface area contributed by atoms with Crippen molar-refractivity contribution in [2.24, 2.45) is 11.3 Å². The molecule has 1 aliphatic heterocycles. The van der Waals surface area contributed by atoms with Crippen molar-refractivity contribution in [1.29, 1.82) is 0 Å². The van der Waals surface area contributed by atoms with E-state index in [1.807, 2.05) is 37.4 Å². The third-order valence-electron chi connectivity index (χ3n) is 6.80. The van der Waals surface area contributed by atoms with Gasteiger partial charge in [0.15, 0.2) is 0 Å². The second kappa shape index (κ2) is 9.28. The predicted molar refractivity (Wildman–Crippen MR) is 122 cm³/mol. The van der Waals surface area contributed by atoms with Gasteiger partial charge in [-0.1, -0.05) is 39.0 Å². The van der Waals surface area contributed by atoms with E-state index in [4.69, 9.17) is 0 Å². The highest BCUT2D eigenvalue weighted by atomic mass is 16.2. The molecule has 4 amide bonds. The number of imide groups is 1. The number of benzene rings is 1. The maximum absolute atomic E-state index is 13.0. The summed E-state index contributed by atoms with van der Waals surface area (Å²) < 4.78 is 0. The zero-order valence-corrected chi connectivity index (χ0v) is 19.2. The summed E-state index contributed by atoms with van der Waals surface area (Å²) in [6, 6.07) is 9.61. The number of nitrogens with one attached hydrogen (secondary N) is 2. The molecule has 1 aliphatic carbocycles. The second-order valence-electron chi connectivity index (χ2n) is 10.0. The average Bonchev–Trinajstić information content (AvgIpc) is 2.95. The van der Waals surface area contributed by atoms with Crippen molar-refractivity contribution in [1.82, 2.24) is 15.5 Å². The molecule has 31 heavy (non-hydrogen) atoms. The lowest BCUT2D eigenvalue weighted by Gasteiger charge is -2.40. The van der Waals surface area contributed by atoms with Crippen LogP contribution in [-0.2, 0) is 9.59 Å². The Morgan fingerprint density at radius 1 is 1.19 bits per heavy atom. The summed E-state index contributed by atoms with van der Waals surface area (Å²) in [5, 5.41) is 5.73. The van der Waals surface area contributed by atoms with Crippen LogP contribution in [0.15, 0.2) is 30.3 Å². The molecule has 0 atom stereocenters. The zero-order chi connectivity index (χ0) is 22.6. The molecule has 0 unspecified atom stereocenters. The van der Waals surface area contributed by atoms with Crippen LogP contribution in [0.1, 0.15) is 52.9 Å². The predicted octanol–water partition coefficient (Wildman–Crippen LogP) is 3.16. The summed E-state index contributed by atoms with van der Waals surface area (Å²) in [6.07, 6.45) is 3.87. The number of rotatable bonds is 7. The smallest absolute Gasteiger partial charge is 0.325 e. The first-order chi connectivity index (χ1) is 14.6. The Morgan fingerprint density at radius 3 is 2.45 bits per heavy atom. The molecule has 0 bridgehead atoms. The summed E-state index contributed by atoms with van der Waals surface area (Å²) in [7, 11) is 2.01. The zero-order valence-electron chi connectivity index (χ0n) is 19.2.